The van der Waals surface area contributed by atoms with Crippen LogP contribution in [0.15, 0.2) is 24.3 Å². The average molecular weight is 263 g/mol. The lowest BCUT2D eigenvalue weighted by molar-refractivity contribution is -0.123. The molecule has 0 saturated heterocycles. The Morgan fingerprint density at radius 3 is 2.95 bits per heavy atom. The summed E-state index contributed by atoms with van der Waals surface area (Å²) in [4.78, 5) is 12.0. The van der Waals surface area contributed by atoms with Crippen molar-refractivity contribution in [1.82, 2.24) is 5.32 Å². The molecule has 104 valence electrons. The number of hydrogen-bond acceptors (Lipinski definition) is 3. The topological polar surface area (TPSA) is 58.6 Å². The zero-order valence-corrected chi connectivity index (χ0v) is 11.4. The zero-order valence-electron chi connectivity index (χ0n) is 11.4. The number of hydrogen-bond donors (Lipinski definition) is 2. The number of methoxy groups -OCH3 is 1. The van der Waals surface area contributed by atoms with Crippen LogP contribution in [0.25, 0.3) is 0 Å². The number of carbonyl (C=O) groups is 1. The number of benzene rings is 1. The fourth-order valence-electron chi connectivity index (χ4n) is 2.42. The summed E-state index contributed by atoms with van der Waals surface area (Å²) < 4.78 is 5.33. The fraction of sp³-hybridized carbons (Fsp3) is 0.533. The Balaban J connectivity index is 1.95. The molecule has 4 nitrogen and oxygen atoms in total. The third kappa shape index (κ3) is 3.26. The lowest BCUT2D eigenvalue weighted by Crippen LogP contribution is -2.34. The van der Waals surface area contributed by atoms with Gasteiger partial charge in [-0.05, 0) is 37.3 Å². The Hall–Kier alpha value is -1.55. The predicted octanol–water partition coefficient (Wildman–Crippen LogP) is 1.69. The monoisotopic (exact) mass is 263 g/mol. The molecule has 1 aromatic rings. The van der Waals surface area contributed by atoms with Crippen LogP contribution in [0.3, 0.4) is 0 Å². The van der Waals surface area contributed by atoms with E-state index in [0.717, 1.165) is 17.7 Å². The third-order valence-electron chi connectivity index (χ3n) is 3.62. The van der Waals surface area contributed by atoms with Gasteiger partial charge in [-0.1, -0.05) is 18.2 Å². The van der Waals surface area contributed by atoms with Crippen LogP contribution < -0.4 is 10.1 Å². The number of ether oxygens (including phenoxy) is 1. The number of carbonyl (C=O) groups excluding carboxylic acids is 1. The molecule has 0 bridgehead atoms. The van der Waals surface area contributed by atoms with Crippen molar-refractivity contribution in [3.63, 3.8) is 0 Å². The molecule has 1 saturated carbocycles. The van der Waals surface area contributed by atoms with Crippen molar-refractivity contribution in [2.24, 2.45) is 5.92 Å². The summed E-state index contributed by atoms with van der Waals surface area (Å²) in [7, 11) is 1.65. The Morgan fingerprint density at radius 1 is 1.53 bits per heavy atom. The van der Waals surface area contributed by atoms with Crippen molar-refractivity contribution in [2.75, 3.05) is 13.7 Å². The van der Waals surface area contributed by atoms with Gasteiger partial charge in [0.2, 0.25) is 5.91 Å². The van der Waals surface area contributed by atoms with Crippen LogP contribution in [-0.4, -0.2) is 30.8 Å². The molecule has 0 radical (unpaired) electrons. The summed E-state index contributed by atoms with van der Waals surface area (Å²) in [5, 5.41) is 11.8. The molecule has 0 spiro atoms. The molecule has 3 atom stereocenters. The number of aliphatic hydroxyl groups excluding tert-OH is 1. The smallest absolute Gasteiger partial charge is 0.223 e. The lowest BCUT2D eigenvalue weighted by Gasteiger charge is -2.12. The highest BCUT2D eigenvalue weighted by Gasteiger charge is 2.45. The van der Waals surface area contributed by atoms with Gasteiger partial charge in [-0.15, -0.1) is 0 Å². The highest BCUT2D eigenvalue weighted by Crippen LogP contribution is 2.50. The molecule has 0 aromatic heterocycles. The van der Waals surface area contributed by atoms with E-state index in [1.807, 2.05) is 31.2 Å². The van der Waals surface area contributed by atoms with Gasteiger partial charge in [0.25, 0.3) is 0 Å². The first-order valence-electron chi connectivity index (χ1n) is 6.71. The molecule has 2 N–H and O–H groups in total. The SMILES string of the molecule is COc1ccccc1[C@@H]1C[C@H]1C(=O)N[C@@H](C)CCO. The van der Waals surface area contributed by atoms with Gasteiger partial charge in [0.05, 0.1) is 7.11 Å². The summed E-state index contributed by atoms with van der Waals surface area (Å²) in [6.45, 7) is 2.01. The van der Waals surface area contributed by atoms with Gasteiger partial charge in [0, 0.05) is 18.6 Å². The second-order valence-corrected chi connectivity index (χ2v) is 5.11. The van der Waals surface area contributed by atoms with E-state index < -0.39 is 0 Å². The van der Waals surface area contributed by atoms with Crippen molar-refractivity contribution in [2.45, 2.75) is 31.7 Å². The number of rotatable bonds is 6. The van der Waals surface area contributed by atoms with Gasteiger partial charge in [-0.3, -0.25) is 4.79 Å². The maximum atomic E-state index is 12.0. The van der Waals surface area contributed by atoms with Crippen LogP contribution in [0.5, 0.6) is 5.75 Å². The summed E-state index contributed by atoms with van der Waals surface area (Å²) in [5.41, 5.74) is 1.11. The number of amides is 1. The minimum absolute atomic E-state index is 0.0245. The molecule has 19 heavy (non-hydrogen) atoms. The molecular formula is C15H21NO3. The minimum Gasteiger partial charge on any atom is -0.496 e. The first-order valence-corrected chi connectivity index (χ1v) is 6.71. The molecule has 1 fully saturated rings. The van der Waals surface area contributed by atoms with Crippen LogP contribution in [0.4, 0.5) is 0 Å². The van der Waals surface area contributed by atoms with Crippen molar-refractivity contribution in [3.8, 4) is 5.75 Å². The van der Waals surface area contributed by atoms with E-state index in [2.05, 4.69) is 5.32 Å². The van der Waals surface area contributed by atoms with Crippen molar-refractivity contribution in [3.05, 3.63) is 29.8 Å². The van der Waals surface area contributed by atoms with Crippen molar-refractivity contribution < 1.29 is 14.6 Å². The van der Waals surface area contributed by atoms with Crippen LogP contribution in [0.1, 0.15) is 31.2 Å². The zero-order chi connectivity index (χ0) is 13.8. The summed E-state index contributed by atoms with van der Waals surface area (Å²) in [6, 6.07) is 7.88. The number of aliphatic hydroxyl groups is 1. The first kappa shape index (κ1) is 13.9. The summed E-state index contributed by atoms with van der Waals surface area (Å²) >= 11 is 0. The highest BCUT2D eigenvalue weighted by atomic mass is 16.5. The first-order chi connectivity index (χ1) is 9.17. The van der Waals surface area contributed by atoms with Gasteiger partial charge < -0.3 is 15.2 Å². The lowest BCUT2D eigenvalue weighted by atomic mass is 10.1. The normalized spacial score (nSPS) is 22.7. The Labute approximate surface area is 113 Å². The van der Waals surface area contributed by atoms with Crippen LogP contribution >= 0.6 is 0 Å². The van der Waals surface area contributed by atoms with E-state index >= 15 is 0 Å². The highest BCUT2D eigenvalue weighted by molar-refractivity contribution is 5.83. The van der Waals surface area contributed by atoms with Gasteiger partial charge in [0.15, 0.2) is 0 Å². The molecule has 1 aromatic carbocycles. The van der Waals surface area contributed by atoms with Crippen LogP contribution in [0.2, 0.25) is 0 Å². The van der Waals surface area contributed by atoms with Crippen LogP contribution in [-0.2, 0) is 4.79 Å². The third-order valence-corrected chi connectivity index (χ3v) is 3.62. The molecule has 0 heterocycles. The van der Waals surface area contributed by atoms with Crippen LogP contribution in [0, 0.1) is 5.92 Å². The summed E-state index contributed by atoms with van der Waals surface area (Å²) in [6.07, 6.45) is 1.47. The second-order valence-electron chi connectivity index (χ2n) is 5.11. The Bertz CT molecular complexity index is 447. The predicted molar refractivity (Wildman–Crippen MR) is 73.1 cm³/mol. The summed E-state index contributed by atoms with van der Waals surface area (Å²) in [5.74, 6) is 1.23. The standard InChI is InChI=1S/C15H21NO3/c1-10(7-8-17)16-15(18)13-9-12(13)11-5-3-4-6-14(11)19-2/h3-6,10,12-13,17H,7-9H2,1-2H3,(H,16,18)/t10-,12-,13+/m0/s1. The largest absolute Gasteiger partial charge is 0.496 e. The van der Waals surface area contributed by atoms with Gasteiger partial charge >= 0.3 is 0 Å². The Morgan fingerprint density at radius 2 is 2.26 bits per heavy atom. The second kappa shape index (κ2) is 6.06. The minimum atomic E-state index is 0.0245. The quantitative estimate of drug-likeness (QED) is 0.821. The molecule has 2 rings (SSSR count). The number of para-hydroxylation sites is 1. The molecule has 0 aliphatic heterocycles. The Kier molecular flexibility index (Phi) is 4.43. The molecular weight excluding hydrogens is 242 g/mol. The van der Waals surface area contributed by atoms with Gasteiger partial charge in [-0.2, -0.15) is 0 Å². The fourth-order valence-corrected chi connectivity index (χ4v) is 2.42. The van der Waals surface area contributed by atoms with Gasteiger partial charge in [-0.25, -0.2) is 0 Å². The molecule has 1 aliphatic carbocycles. The van der Waals surface area contributed by atoms with E-state index in [-0.39, 0.29) is 30.4 Å². The van der Waals surface area contributed by atoms with E-state index in [0.29, 0.717) is 6.42 Å². The van der Waals surface area contributed by atoms with Gasteiger partial charge in [0.1, 0.15) is 5.75 Å². The molecule has 0 unspecified atom stereocenters. The maximum Gasteiger partial charge on any atom is 0.223 e. The van der Waals surface area contributed by atoms with E-state index in [9.17, 15) is 4.79 Å². The molecule has 4 heteroatoms. The van der Waals surface area contributed by atoms with E-state index in [1.165, 1.54) is 0 Å². The van der Waals surface area contributed by atoms with Crippen molar-refractivity contribution in [1.29, 1.82) is 0 Å². The molecule has 1 aliphatic rings. The maximum absolute atomic E-state index is 12.0. The van der Waals surface area contributed by atoms with Crippen molar-refractivity contribution >= 4 is 5.91 Å². The molecule has 1 amide bonds. The van der Waals surface area contributed by atoms with E-state index in [4.69, 9.17) is 9.84 Å². The average Bonchev–Trinajstić information content (AvgIpc) is 3.19. The number of nitrogens with one attached hydrogen (secondary N) is 1. The van der Waals surface area contributed by atoms with E-state index in [1.54, 1.807) is 7.11 Å².